The molecule has 238 valence electrons. The van der Waals surface area contributed by atoms with Crippen molar-refractivity contribution in [2.75, 3.05) is 7.05 Å². The number of alkyl halides is 7. The molecule has 3 aromatic heterocycles. The molecule has 1 saturated carbocycles. The predicted octanol–water partition coefficient (Wildman–Crippen LogP) is 3.07. The highest BCUT2D eigenvalue weighted by Gasteiger charge is 2.59. The van der Waals surface area contributed by atoms with E-state index in [4.69, 9.17) is 0 Å². The van der Waals surface area contributed by atoms with Crippen LogP contribution in [-0.4, -0.2) is 67.8 Å². The molecule has 2 fully saturated rings. The van der Waals surface area contributed by atoms with Crippen LogP contribution in [0.2, 0.25) is 0 Å². The third-order valence-corrected chi connectivity index (χ3v) is 8.02. The molecule has 1 aliphatic carbocycles. The Balaban J connectivity index is 1.46. The van der Waals surface area contributed by atoms with Crippen LogP contribution in [0.3, 0.4) is 0 Å². The van der Waals surface area contributed by atoms with Gasteiger partial charge in [0.25, 0.3) is 12.3 Å². The van der Waals surface area contributed by atoms with Crippen molar-refractivity contribution in [3.8, 4) is 0 Å². The fourth-order valence-electron chi connectivity index (χ4n) is 5.72. The minimum atomic E-state index is -4.79. The summed E-state index contributed by atoms with van der Waals surface area (Å²) in [6.07, 6.45) is -7.76. The number of imidazole rings is 1. The summed E-state index contributed by atoms with van der Waals surface area (Å²) in [4.78, 5) is 42.8. The zero-order chi connectivity index (χ0) is 32.0. The summed E-state index contributed by atoms with van der Waals surface area (Å²) in [5, 5.41) is 17.0. The van der Waals surface area contributed by atoms with Crippen LogP contribution in [0.25, 0.3) is 5.65 Å². The average Bonchev–Trinajstić information content (AvgIpc) is 3.69. The molecular weight excluding hydrogens is 609 g/mol. The second-order valence-corrected chi connectivity index (χ2v) is 10.9. The van der Waals surface area contributed by atoms with Crippen molar-refractivity contribution in [1.29, 1.82) is 0 Å². The molecule has 12 nitrogen and oxygen atoms in total. The van der Waals surface area contributed by atoms with Gasteiger partial charge < -0.3 is 16.0 Å². The second-order valence-electron chi connectivity index (χ2n) is 10.9. The zero-order valence-electron chi connectivity index (χ0n) is 22.8. The molecule has 3 amide bonds. The number of fused-ring (bicyclic) bond motifs is 1. The molecule has 0 bridgehead atoms. The van der Waals surface area contributed by atoms with Crippen LogP contribution in [0.1, 0.15) is 72.0 Å². The number of carbonyl (C=O) groups excluding carboxylic acids is 3. The largest absolute Gasteiger partial charge is 0.408 e. The first kappa shape index (κ1) is 31.1. The molecule has 1 saturated heterocycles. The van der Waals surface area contributed by atoms with Crippen molar-refractivity contribution >= 4 is 23.4 Å². The molecule has 44 heavy (non-hydrogen) atoms. The minimum Gasteiger partial charge on any atom is -0.358 e. The van der Waals surface area contributed by atoms with Gasteiger partial charge in [-0.05, 0) is 53.5 Å². The second kappa shape index (κ2) is 11.3. The summed E-state index contributed by atoms with van der Waals surface area (Å²) >= 11 is 0. The number of amides is 3. The van der Waals surface area contributed by atoms with Gasteiger partial charge in [-0.1, -0.05) is 0 Å². The maximum Gasteiger partial charge on any atom is 0.408 e. The third kappa shape index (κ3) is 5.90. The number of halogens is 7. The molecule has 0 aromatic carbocycles. The molecule has 3 aromatic rings. The first-order valence-corrected chi connectivity index (χ1v) is 13.4. The van der Waals surface area contributed by atoms with Crippen LogP contribution in [0, 0.1) is 11.3 Å². The maximum absolute atomic E-state index is 13.9. The van der Waals surface area contributed by atoms with Gasteiger partial charge in [0.05, 0.1) is 24.1 Å². The molecular formula is C25H25F7N8O4. The molecule has 5 rings (SSSR count). The molecule has 3 N–H and O–H groups in total. The van der Waals surface area contributed by atoms with Crippen molar-refractivity contribution in [1.82, 2.24) is 40.9 Å². The van der Waals surface area contributed by atoms with Gasteiger partial charge in [0.15, 0.2) is 11.3 Å². The Morgan fingerprint density at radius 1 is 1.20 bits per heavy atom. The van der Waals surface area contributed by atoms with E-state index in [0.29, 0.717) is 0 Å². The summed E-state index contributed by atoms with van der Waals surface area (Å²) in [5.41, 5.74) is -3.50. The number of carbonyl (C=O) groups is 3. The summed E-state index contributed by atoms with van der Waals surface area (Å²) in [7, 11) is 1.19. The number of nitrogens with one attached hydrogen (secondary N) is 3. The topological polar surface area (TPSA) is 156 Å². The summed E-state index contributed by atoms with van der Waals surface area (Å²) in [5.74, 6) is -6.65. The third-order valence-electron chi connectivity index (χ3n) is 8.02. The Morgan fingerprint density at radius 3 is 2.52 bits per heavy atom. The van der Waals surface area contributed by atoms with Crippen molar-refractivity contribution in [3.05, 3.63) is 41.1 Å². The van der Waals surface area contributed by atoms with Crippen molar-refractivity contribution < 1.29 is 49.7 Å². The SMILES string of the molecule is CNC(=O)[C@]1(Cc2cnn3cc([C@@H](NC(=O)c4nonc4C(F)F)C4CCC(F)(F)CC4)nc3c2)C[C@@H](C(F)(F)F)NC1=O. The van der Waals surface area contributed by atoms with E-state index in [2.05, 4.69) is 35.7 Å². The average molecular weight is 635 g/mol. The van der Waals surface area contributed by atoms with Crippen LogP contribution in [0.4, 0.5) is 30.7 Å². The maximum atomic E-state index is 13.9. The molecule has 3 atom stereocenters. The first-order valence-electron chi connectivity index (χ1n) is 13.4. The van der Waals surface area contributed by atoms with E-state index < -0.39 is 96.7 Å². The van der Waals surface area contributed by atoms with E-state index >= 15 is 0 Å². The van der Waals surface area contributed by atoms with E-state index in [-0.39, 0.29) is 29.7 Å². The Bertz CT molecular complexity index is 1570. The van der Waals surface area contributed by atoms with Gasteiger partial charge in [0, 0.05) is 19.9 Å². The molecule has 0 radical (unpaired) electrons. The first-order chi connectivity index (χ1) is 20.6. The van der Waals surface area contributed by atoms with Crippen molar-refractivity contribution in [2.45, 2.75) is 69.1 Å². The summed E-state index contributed by atoms with van der Waals surface area (Å²) < 4.78 is 100. The molecule has 4 heterocycles. The number of hydrogen-bond donors (Lipinski definition) is 3. The smallest absolute Gasteiger partial charge is 0.358 e. The van der Waals surface area contributed by atoms with Crippen molar-refractivity contribution in [3.63, 3.8) is 0 Å². The quantitative estimate of drug-likeness (QED) is 0.252. The number of aromatic nitrogens is 5. The molecule has 2 aliphatic rings. The normalized spacial score (nSPS) is 23.1. The monoisotopic (exact) mass is 634 g/mol. The van der Waals surface area contributed by atoms with E-state index in [1.165, 1.54) is 30.0 Å². The predicted molar refractivity (Wildman–Crippen MR) is 132 cm³/mol. The fraction of sp³-hybridized carbons (Fsp3) is 0.560. The van der Waals surface area contributed by atoms with E-state index in [9.17, 15) is 45.1 Å². The van der Waals surface area contributed by atoms with E-state index in [0.717, 1.165) is 0 Å². The van der Waals surface area contributed by atoms with Gasteiger partial charge >= 0.3 is 6.18 Å². The Labute approximate surface area is 243 Å². The van der Waals surface area contributed by atoms with E-state index in [1.54, 1.807) is 0 Å². The molecule has 1 aliphatic heterocycles. The lowest BCUT2D eigenvalue weighted by Crippen LogP contribution is -2.46. The van der Waals surface area contributed by atoms with E-state index in [1.807, 2.05) is 5.32 Å². The highest BCUT2D eigenvalue weighted by molar-refractivity contribution is 6.07. The van der Waals surface area contributed by atoms with Gasteiger partial charge in [0.2, 0.25) is 23.4 Å². The Hall–Kier alpha value is -4.32. The number of hydrogen-bond acceptors (Lipinski definition) is 8. The Morgan fingerprint density at radius 2 is 1.91 bits per heavy atom. The van der Waals surface area contributed by atoms with Crippen LogP contribution >= 0.6 is 0 Å². The summed E-state index contributed by atoms with van der Waals surface area (Å²) in [6.45, 7) is 0. The molecule has 0 unspecified atom stereocenters. The van der Waals surface area contributed by atoms with Gasteiger partial charge in [-0.15, -0.1) is 0 Å². The highest BCUT2D eigenvalue weighted by atomic mass is 19.4. The van der Waals surface area contributed by atoms with Gasteiger partial charge in [-0.25, -0.2) is 31.7 Å². The standard InChI is InChI=1S/C25H25F7N8O4/c1-33-21(42)23(8-14(25(30,31)32)36-22(23)43)7-11-6-15-35-13(10-40(15)34-9-11)16(12-2-4-24(28,29)5-3-12)37-20(41)18-17(19(26)27)38-44-39-18/h6,9-10,12,14,16,19H,2-5,7-8H2,1H3,(H,33,42)(H,36,43)(H,37,41)/t14-,16-,23-/m0/s1. The van der Waals surface area contributed by atoms with Gasteiger partial charge in [0.1, 0.15) is 11.5 Å². The zero-order valence-corrected chi connectivity index (χ0v) is 22.8. The highest BCUT2D eigenvalue weighted by Crippen LogP contribution is 2.42. The number of rotatable bonds is 8. The molecule has 19 heteroatoms. The fourth-order valence-corrected chi connectivity index (χ4v) is 5.72. The van der Waals surface area contributed by atoms with Gasteiger partial charge in [-0.2, -0.15) is 18.3 Å². The van der Waals surface area contributed by atoms with Gasteiger partial charge in [-0.3, -0.25) is 14.4 Å². The minimum absolute atomic E-state index is 0.0482. The summed E-state index contributed by atoms with van der Waals surface area (Å²) in [6, 6.07) is -1.93. The lowest BCUT2D eigenvalue weighted by atomic mass is 9.78. The number of nitrogens with zero attached hydrogens (tertiary/aromatic N) is 5. The van der Waals surface area contributed by atoms with Crippen LogP contribution in [-0.2, 0) is 16.0 Å². The lowest BCUT2D eigenvalue weighted by Gasteiger charge is -2.33. The van der Waals surface area contributed by atoms with Crippen LogP contribution in [0.5, 0.6) is 0 Å². The Kier molecular flexibility index (Phi) is 8.00. The molecule has 0 spiro atoms. The van der Waals surface area contributed by atoms with Crippen molar-refractivity contribution in [2.24, 2.45) is 11.3 Å². The van der Waals surface area contributed by atoms with Crippen LogP contribution in [0.15, 0.2) is 23.1 Å². The van der Waals surface area contributed by atoms with Crippen LogP contribution < -0.4 is 16.0 Å². The lowest BCUT2D eigenvalue weighted by molar-refractivity contribution is -0.155.